The first-order chi connectivity index (χ1) is 15.0. The van der Waals surface area contributed by atoms with E-state index in [4.69, 9.17) is 16.6 Å². The molecule has 0 aliphatic rings. The summed E-state index contributed by atoms with van der Waals surface area (Å²) in [7, 11) is 0. The maximum absolute atomic E-state index is 12.7. The minimum Gasteiger partial charge on any atom is -0.459 e. The molecule has 4 rings (SSSR count). The zero-order valence-corrected chi connectivity index (χ0v) is 18.3. The van der Waals surface area contributed by atoms with Crippen LogP contribution in [0, 0.1) is 10.9 Å². The summed E-state index contributed by atoms with van der Waals surface area (Å²) in [4.78, 5) is 24.9. The van der Waals surface area contributed by atoms with Crippen LogP contribution in [0.3, 0.4) is 0 Å². The molecule has 4 aromatic rings. The number of nitrogens with one attached hydrogen (secondary N) is 2. The minimum absolute atomic E-state index is 0.0918. The molecule has 0 unspecified atom stereocenters. The summed E-state index contributed by atoms with van der Waals surface area (Å²) in [6.45, 7) is 2.12. The number of aromatic nitrogens is 1. The molecule has 6 nitrogen and oxygen atoms in total. The van der Waals surface area contributed by atoms with Crippen molar-refractivity contribution in [2.24, 2.45) is 0 Å². The first-order valence-electron chi connectivity index (χ1n) is 9.50. The molecule has 0 saturated carbocycles. The van der Waals surface area contributed by atoms with Crippen LogP contribution in [0.15, 0.2) is 76.7 Å². The molecule has 31 heavy (non-hydrogen) atoms. The number of furan rings is 1. The number of thiazole rings is 1. The SMILES string of the molecule is Cc1ccc(-c2csc(=S)n2CC(=O)Nc2cccc(NC(=O)c3ccco3)c2)cc1. The van der Waals surface area contributed by atoms with Crippen molar-refractivity contribution < 1.29 is 14.0 Å². The molecule has 2 heterocycles. The predicted octanol–water partition coefficient (Wildman–Crippen LogP) is 5.74. The molecule has 2 amide bonds. The van der Waals surface area contributed by atoms with Crippen LogP contribution in [0.5, 0.6) is 0 Å². The Morgan fingerprint density at radius 2 is 1.77 bits per heavy atom. The van der Waals surface area contributed by atoms with E-state index in [1.807, 2.05) is 41.1 Å². The van der Waals surface area contributed by atoms with Gasteiger partial charge < -0.3 is 19.6 Å². The van der Waals surface area contributed by atoms with Crippen molar-refractivity contribution in [3.63, 3.8) is 0 Å². The van der Waals surface area contributed by atoms with Crippen LogP contribution in [0.25, 0.3) is 11.3 Å². The topological polar surface area (TPSA) is 76.3 Å². The highest BCUT2D eigenvalue weighted by Crippen LogP contribution is 2.25. The van der Waals surface area contributed by atoms with Crippen LogP contribution in [-0.4, -0.2) is 16.4 Å². The van der Waals surface area contributed by atoms with Gasteiger partial charge in [0.1, 0.15) is 6.54 Å². The van der Waals surface area contributed by atoms with Gasteiger partial charge in [-0.2, -0.15) is 0 Å². The van der Waals surface area contributed by atoms with Gasteiger partial charge in [-0.3, -0.25) is 9.59 Å². The van der Waals surface area contributed by atoms with Gasteiger partial charge in [0, 0.05) is 16.8 Å². The fourth-order valence-corrected chi connectivity index (χ4v) is 4.12. The molecule has 2 aromatic carbocycles. The Morgan fingerprint density at radius 1 is 1.03 bits per heavy atom. The van der Waals surface area contributed by atoms with Crippen molar-refractivity contribution in [3.8, 4) is 11.3 Å². The number of aryl methyl sites for hydroxylation is 1. The second kappa shape index (κ2) is 9.11. The molecule has 2 N–H and O–H groups in total. The predicted molar refractivity (Wildman–Crippen MR) is 125 cm³/mol. The third-order valence-electron chi connectivity index (χ3n) is 4.58. The molecule has 0 aliphatic carbocycles. The standard InChI is InChI=1S/C23H19N3O3S2/c1-15-7-9-16(10-8-15)19-14-31-23(30)26(19)13-21(27)24-17-4-2-5-18(12-17)25-22(28)20-6-3-11-29-20/h2-12,14H,13H2,1H3,(H,24,27)(H,25,28). The number of nitrogens with zero attached hydrogens (tertiary/aromatic N) is 1. The Morgan fingerprint density at radius 3 is 2.48 bits per heavy atom. The van der Waals surface area contributed by atoms with Gasteiger partial charge in [-0.1, -0.05) is 35.9 Å². The Balaban J connectivity index is 1.46. The summed E-state index contributed by atoms with van der Waals surface area (Å²) in [6, 6.07) is 18.3. The number of hydrogen-bond acceptors (Lipinski definition) is 5. The molecular weight excluding hydrogens is 430 g/mol. The molecular formula is C23H19N3O3S2. The lowest BCUT2D eigenvalue weighted by Gasteiger charge is -2.11. The van der Waals surface area contributed by atoms with Gasteiger partial charge in [0.25, 0.3) is 5.91 Å². The lowest BCUT2D eigenvalue weighted by Crippen LogP contribution is -2.19. The van der Waals surface area contributed by atoms with Crippen LogP contribution in [0.1, 0.15) is 16.1 Å². The van der Waals surface area contributed by atoms with Gasteiger partial charge in [0.15, 0.2) is 9.71 Å². The van der Waals surface area contributed by atoms with Crippen LogP contribution >= 0.6 is 23.6 Å². The van der Waals surface area contributed by atoms with E-state index in [0.29, 0.717) is 15.3 Å². The van der Waals surface area contributed by atoms with Crippen molar-refractivity contribution in [2.75, 3.05) is 10.6 Å². The number of anilines is 2. The molecule has 0 atom stereocenters. The molecule has 0 saturated heterocycles. The highest BCUT2D eigenvalue weighted by molar-refractivity contribution is 7.73. The van der Waals surface area contributed by atoms with E-state index in [-0.39, 0.29) is 24.1 Å². The van der Waals surface area contributed by atoms with Gasteiger partial charge in [-0.15, -0.1) is 11.3 Å². The largest absolute Gasteiger partial charge is 0.459 e. The first kappa shape index (κ1) is 20.8. The average molecular weight is 450 g/mol. The zero-order chi connectivity index (χ0) is 21.8. The third-order valence-corrected chi connectivity index (χ3v) is 5.85. The number of rotatable bonds is 6. The van der Waals surface area contributed by atoms with Crippen molar-refractivity contribution in [1.82, 2.24) is 4.57 Å². The second-order valence-corrected chi connectivity index (χ2v) is 8.40. The van der Waals surface area contributed by atoms with Crippen molar-refractivity contribution in [2.45, 2.75) is 13.5 Å². The molecule has 0 spiro atoms. The van der Waals surface area contributed by atoms with E-state index >= 15 is 0 Å². The zero-order valence-electron chi connectivity index (χ0n) is 16.6. The quantitative estimate of drug-likeness (QED) is 0.368. The van der Waals surface area contributed by atoms with E-state index in [2.05, 4.69) is 10.6 Å². The molecule has 0 aliphatic heterocycles. The highest BCUT2D eigenvalue weighted by atomic mass is 32.1. The molecule has 0 bridgehead atoms. The smallest absolute Gasteiger partial charge is 0.291 e. The fourth-order valence-electron chi connectivity index (χ4n) is 3.05. The Labute approximate surface area is 188 Å². The second-order valence-electron chi connectivity index (χ2n) is 6.90. The number of amides is 2. The normalized spacial score (nSPS) is 10.6. The molecule has 0 radical (unpaired) electrons. The number of hydrogen-bond donors (Lipinski definition) is 2. The van der Waals surface area contributed by atoms with Crippen molar-refractivity contribution in [1.29, 1.82) is 0 Å². The molecule has 0 fully saturated rings. The monoisotopic (exact) mass is 449 g/mol. The van der Waals surface area contributed by atoms with E-state index in [1.54, 1.807) is 36.4 Å². The van der Waals surface area contributed by atoms with Gasteiger partial charge in [0.05, 0.1) is 12.0 Å². The summed E-state index contributed by atoms with van der Waals surface area (Å²) in [6.07, 6.45) is 1.44. The van der Waals surface area contributed by atoms with E-state index in [1.165, 1.54) is 23.2 Å². The summed E-state index contributed by atoms with van der Waals surface area (Å²) in [5.74, 6) is -0.358. The lowest BCUT2D eigenvalue weighted by atomic mass is 10.1. The van der Waals surface area contributed by atoms with Gasteiger partial charge in [-0.05, 0) is 55.0 Å². The highest BCUT2D eigenvalue weighted by Gasteiger charge is 2.13. The average Bonchev–Trinajstić information content (AvgIpc) is 3.40. The minimum atomic E-state index is -0.360. The Hall–Kier alpha value is -3.49. The molecule has 156 valence electrons. The fraction of sp³-hybridized carbons (Fsp3) is 0.0870. The van der Waals surface area contributed by atoms with E-state index in [0.717, 1.165) is 11.3 Å². The van der Waals surface area contributed by atoms with Crippen LogP contribution in [0.2, 0.25) is 0 Å². The molecule has 2 aromatic heterocycles. The van der Waals surface area contributed by atoms with Gasteiger partial charge in [-0.25, -0.2) is 0 Å². The molecule has 8 heteroatoms. The number of carbonyl (C=O) groups is 2. The lowest BCUT2D eigenvalue weighted by molar-refractivity contribution is -0.116. The van der Waals surface area contributed by atoms with E-state index in [9.17, 15) is 9.59 Å². The van der Waals surface area contributed by atoms with Crippen molar-refractivity contribution >= 4 is 46.7 Å². The third kappa shape index (κ3) is 4.99. The maximum Gasteiger partial charge on any atom is 0.291 e. The van der Waals surface area contributed by atoms with Gasteiger partial charge in [0.2, 0.25) is 5.91 Å². The van der Waals surface area contributed by atoms with Crippen LogP contribution in [-0.2, 0) is 11.3 Å². The Bertz CT molecular complexity index is 1270. The number of carbonyl (C=O) groups excluding carboxylic acids is 2. The van der Waals surface area contributed by atoms with Crippen LogP contribution < -0.4 is 10.6 Å². The summed E-state index contributed by atoms with van der Waals surface area (Å²) in [5, 5.41) is 7.57. The summed E-state index contributed by atoms with van der Waals surface area (Å²) < 4.78 is 7.54. The Kier molecular flexibility index (Phi) is 6.11. The summed E-state index contributed by atoms with van der Waals surface area (Å²) in [5.41, 5.74) is 4.20. The first-order valence-corrected chi connectivity index (χ1v) is 10.8. The van der Waals surface area contributed by atoms with Crippen LogP contribution in [0.4, 0.5) is 11.4 Å². The maximum atomic E-state index is 12.7. The summed E-state index contributed by atoms with van der Waals surface area (Å²) >= 11 is 6.86. The van der Waals surface area contributed by atoms with Crippen molar-refractivity contribution in [3.05, 3.63) is 87.6 Å². The van der Waals surface area contributed by atoms with Gasteiger partial charge >= 0.3 is 0 Å². The number of benzene rings is 2. The van der Waals surface area contributed by atoms with E-state index < -0.39 is 0 Å².